The Hall–Kier alpha value is -2.10. The third-order valence-corrected chi connectivity index (χ3v) is 3.31. The second kappa shape index (κ2) is 5.49. The number of anilines is 1. The molecule has 4 heteroatoms. The highest BCUT2D eigenvalue weighted by Gasteiger charge is 2.10. The molecule has 1 heterocycles. The lowest BCUT2D eigenvalue weighted by Crippen LogP contribution is -2.12. The van der Waals surface area contributed by atoms with Crippen LogP contribution in [-0.4, -0.2) is 9.97 Å². The number of benzene rings is 1. The Balaban J connectivity index is 2.52. The lowest BCUT2D eigenvalue weighted by Gasteiger charge is -2.12. The van der Waals surface area contributed by atoms with Crippen LogP contribution in [0.4, 0.5) is 5.69 Å². The quantitative estimate of drug-likeness (QED) is 0.842. The lowest BCUT2D eigenvalue weighted by molar-refractivity contribution is 0.768. The summed E-state index contributed by atoms with van der Waals surface area (Å²) in [6.45, 7) is 8.21. The first-order valence-electron chi connectivity index (χ1n) is 6.89. The number of rotatable bonds is 3. The molecule has 0 aliphatic rings. The van der Waals surface area contributed by atoms with E-state index in [4.69, 9.17) is 5.73 Å². The fourth-order valence-corrected chi connectivity index (χ4v) is 2.16. The van der Waals surface area contributed by atoms with Gasteiger partial charge in [0.15, 0.2) is 0 Å². The van der Waals surface area contributed by atoms with Gasteiger partial charge in [-0.05, 0) is 17.5 Å². The van der Waals surface area contributed by atoms with E-state index in [1.807, 2.05) is 32.0 Å². The van der Waals surface area contributed by atoms with E-state index in [-0.39, 0.29) is 11.5 Å². The number of aromatic amines is 1. The maximum atomic E-state index is 11.7. The van der Waals surface area contributed by atoms with Crippen molar-refractivity contribution >= 4 is 5.69 Å². The predicted molar refractivity (Wildman–Crippen MR) is 82.9 cm³/mol. The maximum absolute atomic E-state index is 11.7. The zero-order valence-electron chi connectivity index (χ0n) is 12.4. The van der Waals surface area contributed by atoms with Crippen LogP contribution in [0.2, 0.25) is 0 Å². The average molecular weight is 271 g/mol. The van der Waals surface area contributed by atoms with Crippen molar-refractivity contribution in [1.29, 1.82) is 0 Å². The second-order valence-electron chi connectivity index (χ2n) is 5.67. The number of nitrogen functional groups attached to an aromatic ring is 1. The Labute approximate surface area is 119 Å². The molecule has 2 rings (SSSR count). The van der Waals surface area contributed by atoms with Gasteiger partial charge >= 0.3 is 0 Å². The Morgan fingerprint density at radius 1 is 1.10 bits per heavy atom. The number of aromatic nitrogens is 2. The molecule has 1 aromatic heterocycles. The van der Waals surface area contributed by atoms with E-state index in [1.165, 1.54) is 6.07 Å². The fourth-order valence-electron chi connectivity index (χ4n) is 2.16. The Morgan fingerprint density at radius 2 is 1.80 bits per heavy atom. The molecule has 3 N–H and O–H groups in total. The van der Waals surface area contributed by atoms with Gasteiger partial charge in [-0.15, -0.1) is 0 Å². The lowest BCUT2D eigenvalue weighted by atomic mass is 9.98. The first-order valence-corrected chi connectivity index (χ1v) is 6.89. The second-order valence-corrected chi connectivity index (χ2v) is 5.67. The van der Waals surface area contributed by atoms with Gasteiger partial charge < -0.3 is 10.7 Å². The summed E-state index contributed by atoms with van der Waals surface area (Å²) >= 11 is 0. The Kier molecular flexibility index (Phi) is 3.93. The summed E-state index contributed by atoms with van der Waals surface area (Å²) in [4.78, 5) is 19.0. The maximum Gasteiger partial charge on any atom is 0.251 e. The van der Waals surface area contributed by atoms with Crippen molar-refractivity contribution in [3.8, 4) is 11.3 Å². The number of nitrogens with zero attached hydrogens (tertiary/aromatic N) is 1. The van der Waals surface area contributed by atoms with Crippen molar-refractivity contribution in [3.05, 3.63) is 46.0 Å². The molecule has 20 heavy (non-hydrogen) atoms. The molecule has 0 atom stereocenters. The summed E-state index contributed by atoms with van der Waals surface area (Å²) in [5.74, 6) is 1.25. The third kappa shape index (κ3) is 2.90. The summed E-state index contributed by atoms with van der Waals surface area (Å²) in [5.41, 5.74) is 9.34. The van der Waals surface area contributed by atoms with Crippen LogP contribution in [0.1, 0.15) is 50.9 Å². The third-order valence-electron chi connectivity index (χ3n) is 3.31. The first-order chi connectivity index (χ1) is 9.38. The van der Waals surface area contributed by atoms with Crippen molar-refractivity contribution in [1.82, 2.24) is 9.97 Å². The van der Waals surface area contributed by atoms with Crippen molar-refractivity contribution < 1.29 is 0 Å². The number of H-pyrrole nitrogens is 1. The van der Waals surface area contributed by atoms with Gasteiger partial charge in [0.05, 0.1) is 5.69 Å². The molecule has 0 unspecified atom stereocenters. The van der Waals surface area contributed by atoms with Crippen LogP contribution in [0.3, 0.4) is 0 Å². The minimum Gasteiger partial charge on any atom is -0.398 e. The number of hydrogen-bond donors (Lipinski definition) is 2. The zero-order chi connectivity index (χ0) is 14.9. The van der Waals surface area contributed by atoms with Crippen LogP contribution in [0.25, 0.3) is 11.3 Å². The molecule has 0 radical (unpaired) electrons. The highest BCUT2D eigenvalue weighted by Crippen LogP contribution is 2.27. The van der Waals surface area contributed by atoms with Gasteiger partial charge in [0.2, 0.25) is 0 Å². The fraction of sp³-hybridized carbons (Fsp3) is 0.375. The molecule has 4 nitrogen and oxygen atoms in total. The van der Waals surface area contributed by atoms with E-state index in [2.05, 4.69) is 23.8 Å². The molecule has 0 aliphatic heterocycles. The van der Waals surface area contributed by atoms with Crippen LogP contribution >= 0.6 is 0 Å². The van der Waals surface area contributed by atoms with Gasteiger partial charge in [-0.2, -0.15) is 0 Å². The summed E-state index contributed by atoms with van der Waals surface area (Å²) in [6.07, 6.45) is 0. The predicted octanol–water partition coefficient (Wildman–Crippen LogP) is 3.27. The molecule has 0 amide bonds. The normalized spacial score (nSPS) is 11.3. The molecule has 0 saturated heterocycles. The van der Waals surface area contributed by atoms with Crippen molar-refractivity contribution in [2.24, 2.45) is 0 Å². The standard InChI is InChI=1S/C16H21N3O/c1-9(2)12-6-5-11(7-13(12)17)14-8-15(20)19-16(18-14)10(3)4/h5-10H,17H2,1-4H3,(H,18,19,20). The van der Waals surface area contributed by atoms with Crippen LogP contribution in [0.15, 0.2) is 29.1 Å². The molecular weight excluding hydrogens is 250 g/mol. The minimum atomic E-state index is -0.134. The zero-order valence-corrected chi connectivity index (χ0v) is 12.4. The van der Waals surface area contributed by atoms with Gasteiger partial charge in [0.25, 0.3) is 5.56 Å². The van der Waals surface area contributed by atoms with Gasteiger partial charge in [-0.25, -0.2) is 4.98 Å². The number of nitrogens with two attached hydrogens (primary N) is 1. The topological polar surface area (TPSA) is 71.8 Å². The summed E-state index contributed by atoms with van der Waals surface area (Å²) in [6, 6.07) is 7.38. The van der Waals surface area contributed by atoms with Gasteiger partial charge in [0, 0.05) is 23.2 Å². The first kappa shape index (κ1) is 14.3. The molecule has 106 valence electrons. The molecule has 0 bridgehead atoms. The monoisotopic (exact) mass is 271 g/mol. The molecule has 0 aliphatic carbocycles. The summed E-state index contributed by atoms with van der Waals surface area (Å²) in [7, 11) is 0. The smallest absolute Gasteiger partial charge is 0.251 e. The largest absolute Gasteiger partial charge is 0.398 e. The molecule has 0 fully saturated rings. The van der Waals surface area contributed by atoms with E-state index in [9.17, 15) is 4.79 Å². The van der Waals surface area contributed by atoms with Crippen LogP contribution < -0.4 is 11.3 Å². The average Bonchev–Trinajstić information content (AvgIpc) is 2.37. The molecule has 0 saturated carbocycles. The van der Waals surface area contributed by atoms with Crippen molar-refractivity contribution in [3.63, 3.8) is 0 Å². The minimum absolute atomic E-state index is 0.134. The highest BCUT2D eigenvalue weighted by molar-refractivity contribution is 5.66. The molecule has 2 aromatic rings. The molecule has 1 aromatic carbocycles. The van der Waals surface area contributed by atoms with E-state index >= 15 is 0 Å². The number of nitrogens with one attached hydrogen (secondary N) is 1. The van der Waals surface area contributed by atoms with E-state index in [1.54, 1.807) is 0 Å². The van der Waals surface area contributed by atoms with E-state index < -0.39 is 0 Å². The van der Waals surface area contributed by atoms with Crippen molar-refractivity contribution in [2.45, 2.75) is 39.5 Å². The van der Waals surface area contributed by atoms with Crippen molar-refractivity contribution in [2.75, 3.05) is 5.73 Å². The van der Waals surface area contributed by atoms with Gasteiger partial charge in [0.1, 0.15) is 5.82 Å². The Morgan fingerprint density at radius 3 is 2.35 bits per heavy atom. The van der Waals surface area contributed by atoms with Gasteiger partial charge in [-0.1, -0.05) is 39.8 Å². The van der Waals surface area contributed by atoms with Gasteiger partial charge in [-0.3, -0.25) is 4.79 Å². The van der Waals surface area contributed by atoms with Crippen LogP contribution in [0, 0.1) is 0 Å². The van der Waals surface area contributed by atoms with Crippen LogP contribution in [0.5, 0.6) is 0 Å². The van der Waals surface area contributed by atoms with E-state index in [0.29, 0.717) is 17.4 Å². The molecule has 0 spiro atoms. The Bertz CT molecular complexity index is 672. The SMILES string of the molecule is CC(C)c1nc(-c2ccc(C(C)C)c(N)c2)cc(=O)[nH]1. The van der Waals surface area contributed by atoms with Crippen LogP contribution in [-0.2, 0) is 0 Å². The number of hydrogen-bond acceptors (Lipinski definition) is 3. The molecular formula is C16H21N3O. The summed E-state index contributed by atoms with van der Waals surface area (Å²) < 4.78 is 0. The summed E-state index contributed by atoms with van der Waals surface area (Å²) in [5, 5.41) is 0. The highest BCUT2D eigenvalue weighted by atomic mass is 16.1. The van der Waals surface area contributed by atoms with E-state index in [0.717, 1.165) is 16.8 Å².